The van der Waals surface area contributed by atoms with E-state index in [4.69, 9.17) is 21.7 Å². The van der Waals surface area contributed by atoms with Crippen LogP contribution in [-0.2, 0) is 4.79 Å². The lowest BCUT2D eigenvalue weighted by Crippen LogP contribution is -2.31. The van der Waals surface area contributed by atoms with Gasteiger partial charge in [-0.05, 0) is 42.4 Å². The number of nitrogens with one attached hydrogen (secondary N) is 1. The minimum Gasteiger partial charge on any atom is -0.486 e. The van der Waals surface area contributed by atoms with Crippen molar-refractivity contribution in [2.24, 2.45) is 0 Å². The van der Waals surface area contributed by atoms with Gasteiger partial charge < -0.3 is 14.8 Å². The molecular formula is C16H18N2O3S. The van der Waals surface area contributed by atoms with Crippen molar-refractivity contribution in [2.75, 3.05) is 19.8 Å². The fraction of sp³-hybridized carbons (Fsp3) is 0.375. The molecule has 1 fully saturated rings. The number of carbonyl (C=O) groups excluding carboxylic acids is 1. The van der Waals surface area contributed by atoms with Gasteiger partial charge in [-0.2, -0.15) is 0 Å². The molecule has 0 saturated carbocycles. The number of nitrogens with zero attached hydrogens (tertiary/aromatic N) is 1. The summed E-state index contributed by atoms with van der Waals surface area (Å²) in [4.78, 5) is 14.0. The summed E-state index contributed by atoms with van der Waals surface area (Å²) in [5, 5.41) is 3.46. The number of ether oxygens (including phenoxy) is 2. The Bertz CT molecular complexity index is 642. The Morgan fingerprint density at radius 2 is 2.09 bits per heavy atom. The molecule has 0 aliphatic carbocycles. The number of hydrogen-bond acceptors (Lipinski definition) is 4. The standard InChI is InChI=1S/C16H18N2O3S/c1-2-3-6-18-15(19)12(17-16(18)22)9-11-4-5-13-14(10-11)21-8-7-20-13/h4-5,9-10H,2-3,6-8H2,1H3,(H,17,22)/b12-9-. The first-order valence-electron chi connectivity index (χ1n) is 7.43. The van der Waals surface area contributed by atoms with Crippen molar-refractivity contribution in [1.29, 1.82) is 0 Å². The molecule has 1 amide bonds. The van der Waals surface area contributed by atoms with Crippen LogP contribution in [0, 0.1) is 0 Å². The van der Waals surface area contributed by atoms with Crippen molar-refractivity contribution < 1.29 is 14.3 Å². The van der Waals surface area contributed by atoms with Gasteiger partial charge in [0, 0.05) is 6.54 Å². The molecule has 0 aromatic heterocycles. The van der Waals surface area contributed by atoms with Crippen LogP contribution < -0.4 is 14.8 Å². The van der Waals surface area contributed by atoms with Crippen molar-refractivity contribution >= 4 is 29.3 Å². The quantitative estimate of drug-likeness (QED) is 0.682. The molecule has 0 unspecified atom stereocenters. The highest BCUT2D eigenvalue weighted by molar-refractivity contribution is 7.80. The molecule has 116 valence electrons. The van der Waals surface area contributed by atoms with Gasteiger partial charge in [0.2, 0.25) is 0 Å². The van der Waals surface area contributed by atoms with Crippen LogP contribution in [0.2, 0.25) is 0 Å². The summed E-state index contributed by atoms with van der Waals surface area (Å²) < 4.78 is 11.0. The largest absolute Gasteiger partial charge is 0.486 e. The first-order chi connectivity index (χ1) is 10.7. The van der Waals surface area contributed by atoms with Crippen LogP contribution in [0.15, 0.2) is 23.9 Å². The molecular weight excluding hydrogens is 300 g/mol. The average Bonchev–Trinajstić information content (AvgIpc) is 2.79. The molecule has 22 heavy (non-hydrogen) atoms. The van der Waals surface area contributed by atoms with Crippen LogP contribution >= 0.6 is 12.2 Å². The van der Waals surface area contributed by atoms with Crippen LogP contribution in [0.1, 0.15) is 25.3 Å². The molecule has 6 heteroatoms. The number of unbranched alkanes of at least 4 members (excludes halogenated alkanes) is 1. The van der Waals surface area contributed by atoms with Crippen LogP contribution in [0.4, 0.5) is 0 Å². The highest BCUT2D eigenvalue weighted by Crippen LogP contribution is 2.31. The van der Waals surface area contributed by atoms with E-state index in [-0.39, 0.29) is 5.91 Å². The third kappa shape index (κ3) is 2.92. The lowest BCUT2D eigenvalue weighted by Gasteiger charge is -2.18. The van der Waals surface area contributed by atoms with Crippen molar-refractivity contribution in [1.82, 2.24) is 10.2 Å². The molecule has 3 rings (SSSR count). The van der Waals surface area contributed by atoms with E-state index in [9.17, 15) is 4.79 Å². The van der Waals surface area contributed by atoms with Crippen LogP contribution in [0.5, 0.6) is 11.5 Å². The minimum atomic E-state index is -0.0756. The maximum Gasteiger partial charge on any atom is 0.276 e. The molecule has 0 atom stereocenters. The van der Waals surface area contributed by atoms with Crippen molar-refractivity contribution in [3.63, 3.8) is 0 Å². The molecule has 0 spiro atoms. The van der Waals surface area contributed by atoms with Gasteiger partial charge in [-0.15, -0.1) is 0 Å². The SMILES string of the molecule is CCCCN1C(=O)/C(=C/c2ccc3c(c2)OCCO3)NC1=S. The second kappa shape index (κ2) is 6.36. The maximum atomic E-state index is 12.4. The predicted molar refractivity (Wildman–Crippen MR) is 87.8 cm³/mol. The Hall–Kier alpha value is -2.08. The minimum absolute atomic E-state index is 0.0756. The second-order valence-corrected chi connectivity index (χ2v) is 5.59. The molecule has 2 heterocycles. The first kappa shape index (κ1) is 14.8. The van der Waals surface area contributed by atoms with E-state index in [2.05, 4.69) is 12.2 Å². The van der Waals surface area contributed by atoms with Crippen LogP contribution in [-0.4, -0.2) is 35.7 Å². The Labute approximate surface area is 134 Å². The number of carbonyl (C=O) groups is 1. The van der Waals surface area contributed by atoms with Crippen LogP contribution in [0.3, 0.4) is 0 Å². The van der Waals surface area contributed by atoms with Gasteiger partial charge in [-0.3, -0.25) is 9.69 Å². The molecule has 2 aliphatic rings. The predicted octanol–water partition coefficient (Wildman–Crippen LogP) is 2.32. The van der Waals surface area contributed by atoms with Crippen molar-refractivity contribution in [3.05, 3.63) is 29.5 Å². The molecule has 0 bridgehead atoms. The summed E-state index contributed by atoms with van der Waals surface area (Å²) in [5.41, 5.74) is 1.37. The summed E-state index contributed by atoms with van der Waals surface area (Å²) in [6, 6.07) is 5.62. The van der Waals surface area contributed by atoms with E-state index < -0.39 is 0 Å². The highest BCUT2D eigenvalue weighted by Gasteiger charge is 2.29. The molecule has 1 N–H and O–H groups in total. The number of thiocarbonyl (C=S) groups is 1. The van der Waals surface area contributed by atoms with Gasteiger partial charge in [-0.25, -0.2) is 0 Å². The average molecular weight is 318 g/mol. The van der Waals surface area contributed by atoms with Gasteiger partial charge >= 0.3 is 0 Å². The lowest BCUT2D eigenvalue weighted by molar-refractivity contribution is -0.122. The number of fused-ring (bicyclic) bond motifs is 1. The zero-order valence-corrected chi connectivity index (χ0v) is 13.2. The molecule has 1 aromatic rings. The van der Waals surface area contributed by atoms with Gasteiger partial charge in [0.05, 0.1) is 0 Å². The van der Waals surface area contributed by atoms with E-state index in [0.717, 1.165) is 24.2 Å². The van der Waals surface area contributed by atoms with E-state index in [1.165, 1.54) is 0 Å². The lowest BCUT2D eigenvalue weighted by atomic mass is 10.1. The third-order valence-corrected chi connectivity index (χ3v) is 3.90. The number of benzene rings is 1. The van der Waals surface area contributed by atoms with Crippen molar-refractivity contribution in [3.8, 4) is 11.5 Å². The summed E-state index contributed by atoms with van der Waals surface area (Å²) in [7, 11) is 0. The summed E-state index contributed by atoms with van der Waals surface area (Å²) in [6.45, 7) is 3.84. The summed E-state index contributed by atoms with van der Waals surface area (Å²) in [5.74, 6) is 1.36. The smallest absolute Gasteiger partial charge is 0.276 e. The zero-order chi connectivity index (χ0) is 15.5. The molecule has 1 saturated heterocycles. The molecule has 2 aliphatic heterocycles. The topological polar surface area (TPSA) is 50.8 Å². The zero-order valence-electron chi connectivity index (χ0n) is 12.4. The monoisotopic (exact) mass is 318 g/mol. The van der Waals surface area contributed by atoms with Crippen molar-refractivity contribution in [2.45, 2.75) is 19.8 Å². The number of hydrogen-bond donors (Lipinski definition) is 1. The molecule has 1 aromatic carbocycles. The molecule has 0 radical (unpaired) electrons. The molecule has 5 nitrogen and oxygen atoms in total. The Kier molecular flexibility index (Phi) is 4.29. The Balaban J connectivity index is 1.80. The van der Waals surface area contributed by atoms with E-state index in [1.807, 2.05) is 18.2 Å². The fourth-order valence-electron chi connectivity index (χ4n) is 2.41. The summed E-state index contributed by atoms with van der Waals surface area (Å²) >= 11 is 5.23. The fourth-order valence-corrected chi connectivity index (χ4v) is 2.69. The van der Waals surface area contributed by atoms with E-state index in [0.29, 0.717) is 36.3 Å². The van der Waals surface area contributed by atoms with Gasteiger partial charge in [0.1, 0.15) is 18.9 Å². The van der Waals surface area contributed by atoms with Gasteiger partial charge in [0.15, 0.2) is 16.6 Å². The first-order valence-corrected chi connectivity index (χ1v) is 7.84. The maximum absolute atomic E-state index is 12.4. The third-order valence-electron chi connectivity index (χ3n) is 3.57. The normalized spacial score (nSPS) is 18.8. The number of amides is 1. The van der Waals surface area contributed by atoms with E-state index >= 15 is 0 Å². The van der Waals surface area contributed by atoms with Gasteiger partial charge in [0.25, 0.3) is 5.91 Å². The summed E-state index contributed by atoms with van der Waals surface area (Å²) in [6.07, 6.45) is 3.75. The van der Waals surface area contributed by atoms with Crippen LogP contribution in [0.25, 0.3) is 6.08 Å². The van der Waals surface area contributed by atoms with E-state index in [1.54, 1.807) is 11.0 Å². The second-order valence-electron chi connectivity index (χ2n) is 5.20. The Morgan fingerprint density at radius 3 is 2.86 bits per heavy atom. The van der Waals surface area contributed by atoms with Gasteiger partial charge in [-0.1, -0.05) is 19.4 Å². The highest BCUT2D eigenvalue weighted by atomic mass is 32.1. The number of rotatable bonds is 4. The Morgan fingerprint density at radius 1 is 1.32 bits per heavy atom.